The first-order valence-electron chi connectivity index (χ1n) is 5.92. The average molecular weight is 272 g/mol. The Morgan fingerprint density at radius 1 is 1.39 bits per heavy atom. The Kier molecular flexibility index (Phi) is 4.32. The third kappa shape index (κ3) is 2.55. The van der Waals surface area contributed by atoms with E-state index in [4.69, 9.17) is 31.5 Å². The molecule has 1 fully saturated rings. The number of nitrogens with two attached hydrogens (primary N) is 1. The second-order valence-electron chi connectivity index (χ2n) is 4.39. The van der Waals surface area contributed by atoms with Crippen molar-refractivity contribution >= 4 is 11.6 Å². The van der Waals surface area contributed by atoms with Crippen molar-refractivity contribution in [2.24, 2.45) is 11.7 Å². The molecule has 0 amide bonds. The van der Waals surface area contributed by atoms with Crippen LogP contribution in [0.4, 0.5) is 0 Å². The summed E-state index contributed by atoms with van der Waals surface area (Å²) in [6, 6.07) is 3.63. The summed E-state index contributed by atoms with van der Waals surface area (Å²) in [5, 5.41) is 0.515. The maximum Gasteiger partial charge on any atom is 0.179 e. The van der Waals surface area contributed by atoms with Crippen LogP contribution >= 0.6 is 11.6 Å². The number of hydrogen-bond acceptors (Lipinski definition) is 4. The van der Waals surface area contributed by atoms with E-state index in [-0.39, 0.29) is 6.04 Å². The monoisotopic (exact) mass is 271 g/mol. The van der Waals surface area contributed by atoms with Crippen LogP contribution in [0.1, 0.15) is 18.0 Å². The molecule has 2 N–H and O–H groups in total. The highest BCUT2D eigenvalue weighted by Crippen LogP contribution is 2.39. The molecule has 5 heteroatoms. The van der Waals surface area contributed by atoms with Crippen LogP contribution < -0.4 is 15.2 Å². The Morgan fingerprint density at radius 2 is 2.17 bits per heavy atom. The smallest absolute Gasteiger partial charge is 0.179 e. The number of hydrogen-bond donors (Lipinski definition) is 1. The second-order valence-corrected chi connectivity index (χ2v) is 4.79. The lowest BCUT2D eigenvalue weighted by Gasteiger charge is -2.20. The molecule has 0 radical (unpaired) electrons. The minimum absolute atomic E-state index is 0.0928. The Labute approximate surface area is 112 Å². The van der Waals surface area contributed by atoms with Gasteiger partial charge in [0.25, 0.3) is 0 Å². The van der Waals surface area contributed by atoms with E-state index < -0.39 is 0 Å². The van der Waals surface area contributed by atoms with E-state index in [0.717, 1.165) is 18.6 Å². The SMILES string of the molecule is COc1cc(C(N)C2CCOC2)cc(Cl)c1OC. The highest BCUT2D eigenvalue weighted by atomic mass is 35.5. The molecular weight excluding hydrogens is 254 g/mol. The zero-order valence-electron chi connectivity index (χ0n) is 10.6. The van der Waals surface area contributed by atoms with E-state index in [2.05, 4.69) is 0 Å². The van der Waals surface area contributed by atoms with Crippen molar-refractivity contribution in [1.82, 2.24) is 0 Å². The van der Waals surface area contributed by atoms with Gasteiger partial charge in [-0.2, -0.15) is 0 Å². The number of benzene rings is 1. The Morgan fingerprint density at radius 3 is 2.72 bits per heavy atom. The molecule has 2 unspecified atom stereocenters. The summed E-state index contributed by atoms with van der Waals surface area (Å²) in [7, 11) is 3.15. The topological polar surface area (TPSA) is 53.7 Å². The lowest BCUT2D eigenvalue weighted by atomic mass is 9.93. The summed E-state index contributed by atoms with van der Waals surface area (Å²) in [4.78, 5) is 0. The van der Waals surface area contributed by atoms with E-state index in [1.807, 2.05) is 12.1 Å². The van der Waals surface area contributed by atoms with Crippen molar-refractivity contribution in [2.75, 3.05) is 27.4 Å². The number of halogens is 1. The molecule has 0 aromatic heterocycles. The van der Waals surface area contributed by atoms with Gasteiger partial charge >= 0.3 is 0 Å². The van der Waals surface area contributed by atoms with Crippen LogP contribution in [-0.2, 0) is 4.74 Å². The zero-order valence-corrected chi connectivity index (χ0v) is 11.4. The molecule has 1 aromatic carbocycles. The molecule has 0 aliphatic carbocycles. The van der Waals surface area contributed by atoms with Crippen LogP contribution in [0.15, 0.2) is 12.1 Å². The fraction of sp³-hybridized carbons (Fsp3) is 0.538. The van der Waals surface area contributed by atoms with Crippen molar-refractivity contribution in [3.8, 4) is 11.5 Å². The molecule has 1 aliphatic rings. The van der Waals surface area contributed by atoms with Crippen LogP contribution in [0.3, 0.4) is 0 Å². The minimum Gasteiger partial charge on any atom is -0.493 e. The van der Waals surface area contributed by atoms with Crippen molar-refractivity contribution in [3.05, 3.63) is 22.7 Å². The third-order valence-electron chi connectivity index (χ3n) is 3.31. The van der Waals surface area contributed by atoms with Gasteiger partial charge in [0, 0.05) is 18.6 Å². The van der Waals surface area contributed by atoms with Gasteiger partial charge in [0.15, 0.2) is 11.5 Å². The van der Waals surface area contributed by atoms with Gasteiger partial charge in [0.2, 0.25) is 0 Å². The van der Waals surface area contributed by atoms with Gasteiger partial charge in [-0.1, -0.05) is 11.6 Å². The van der Waals surface area contributed by atoms with Gasteiger partial charge in [0.1, 0.15) is 0 Å². The standard InChI is InChI=1S/C13H18ClNO3/c1-16-11-6-9(5-10(14)13(11)17-2)12(15)8-3-4-18-7-8/h5-6,8,12H,3-4,7,15H2,1-2H3. The second kappa shape index (κ2) is 5.78. The number of ether oxygens (including phenoxy) is 3. The predicted octanol–water partition coefficient (Wildman–Crippen LogP) is 2.39. The number of methoxy groups -OCH3 is 2. The fourth-order valence-corrected chi connectivity index (χ4v) is 2.53. The van der Waals surface area contributed by atoms with Crippen LogP contribution in [0.5, 0.6) is 11.5 Å². The molecule has 1 aliphatic heterocycles. The molecule has 1 heterocycles. The molecule has 0 bridgehead atoms. The van der Waals surface area contributed by atoms with E-state index >= 15 is 0 Å². The fourth-order valence-electron chi connectivity index (χ4n) is 2.24. The quantitative estimate of drug-likeness (QED) is 0.914. The lowest BCUT2D eigenvalue weighted by molar-refractivity contribution is 0.181. The van der Waals surface area contributed by atoms with Gasteiger partial charge in [-0.15, -0.1) is 0 Å². The first-order valence-corrected chi connectivity index (χ1v) is 6.30. The molecule has 18 heavy (non-hydrogen) atoms. The predicted molar refractivity (Wildman–Crippen MR) is 70.4 cm³/mol. The highest BCUT2D eigenvalue weighted by molar-refractivity contribution is 6.32. The highest BCUT2D eigenvalue weighted by Gasteiger charge is 2.25. The molecule has 1 aromatic rings. The molecular formula is C13H18ClNO3. The summed E-state index contributed by atoms with van der Waals surface area (Å²) >= 11 is 6.17. The Hall–Kier alpha value is -0.970. The van der Waals surface area contributed by atoms with Gasteiger partial charge in [-0.25, -0.2) is 0 Å². The largest absolute Gasteiger partial charge is 0.493 e. The minimum atomic E-state index is -0.0928. The zero-order chi connectivity index (χ0) is 13.1. The molecule has 0 spiro atoms. The van der Waals surface area contributed by atoms with Crippen molar-refractivity contribution in [3.63, 3.8) is 0 Å². The van der Waals surface area contributed by atoms with Crippen LogP contribution in [0.25, 0.3) is 0 Å². The van der Waals surface area contributed by atoms with E-state index in [1.54, 1.807) is 14.2 Å². The molecule has 1 saturated heterocycles. The molecule has 2 atom stereocenters. The Balaban J connectivity index is 2.30. The Bertz CT molecular complexity index is 419. The maximum atomic E-state index is 6.25. The molecule has 100 valence electrons. The van der Waals surface area contributed by atoms with Gasteiger partial charge < -0.3 is 19.9 Å². The van der Waals surface area contributed by atoms with E-state index in [9.17, 15) is 0 Å². The summed E-state index contributed by atoms with van der Waals surface area (Å²) in [6.07, 6.45) is 0.979. The normalized spacial score (nSPS) is 20.8. The third-order valence-corrected chi connectivity index (χ3v) is 3.59. The number of rotatable bonds is 4. The first kappa shape index (κ1) is 13.5. The maximum absolute atomic E-state index is 6.25. The van der Waals surface area contributed by atoms with E-state index in [0.29, 0.717) is 29.0 Å². The lowest BCUT2D eigenvalue weighted by Crippen LogP contribution is -2.21. The van der Waals surface area contributed by atoms with Gasteiger partial charge in [0.05, 0.1) is 25.8 Å². The van der Waals surface area contributed by atoms with Crippen molar-refractivity contribution in [1.29, 1.82) is 0 Å². The summed E-state index contributed by atoms with van der Waals surface area (Å²) in [6.45, 7) is 1.48. The summed E-state index contributed by atoms with van der Waals surface area (Å²) in [5.74, 6) is 1.48. The molecule has 4 nitrogen and oxygen atoms in total. The summed E-state index contributed by atoms with van der Waals surface area (Å²) < 4.78 is 15.8. The van der Waals surface area contributed by atoms with Gasteiger partial charge in [-0.3, -0.25) is 0 Å². The van der Waals surface area contributed by atoms with Crippen molar-refractivity contribution in [2.45, 2.75) is 12.5 Å². The molecule has 2 rings (SSSR count). The van der Waals surface area contributed by atoms with Crippen LogP contribution in [0.2, 0.25) is 5.02 Å². The van der Waals surface area contributed by atoms with Crippen molar-refractivity contribution < 1.29 is 14.2 Å². The summed E-state index contributed by atoms with van der Waals surface area (Å²) in [5.41, 5.74) is 7.20. The van der Waals surface area contributed by atoms with E-state index in [1.165, 1.54) is 0 Å². The van der Waals surface area contributed by atoms with Crippen LogP contribution in [0, 0.1) is 5.92 Å². The molecule has 0 saturated carbocycles. The average Bonchev–Trinajstić information content (AvgIpc) is 2.90. The van der Waals surface area contributed by atoms with Gasteiger partial charge in [-0.05, 0) is 24.1 Å². The van der Waals surface area contributed by atoms with Crippen LogP contribution in [-0.4, -0.2) is 27.4 Å². The first-order chi connectivity index (χ1) is 8.67.